The number of hydrogen-bond acceptors (Lipinski definition) is 4. The van der Waals surface area contributed by atoms with Crippen LogP contribution in [0.2, 0.25) is 0 Å². The molecule has 0 radical (unpaired) electrons. The monoisotopic (exact) mass is 252 g/mol. The molecule has 1 aliphatic heterocycles. The van der Waals surface area contributed by atoms with Crippen LogP contribution in [-0.2, 0) is 4.79 Å². The summed E-state index contributed by atoms with van der Waals surface area (Å²) in [6, 6.07) is 2.94. The Balaban J connectivity index is 2.11. The third-order valence-electron chi connectivity index (χ3n) is 2.62. The fourth-order valence-corrected chi connectivity index (χ4v) is 2.76. The van der Waals surface area contributed by atoms with Gasteiger partial charge >= 0.3 is 5.97 Å². The van der Waals surface area contributed by atoms with E-state index in [0.717, 1.165) is 13.0 Å². The first-order valence-electron chi connectivity index (χ1n) is 5.19. The van der Waals surface area contributed by atoms with E-state index in [-0.39, 0.29) is 16.7 Å². The number of thioether (sulfide) groups is 1. The predicted octanol–water partition coefficient (Wildman–Crippen LogP) is 1.10. The maximum Gasteiger partial charge on any atom is 0.335 e. The first-order chi connectivity index (χ1) is 8.08. The molecule has 2 heterocycles. The van der Waals surface area contributed by atoms with Crippen LogP contribution in [0.4, 0.5) is 0 Å². The van der Waals surface area contributed by atoms with Gasteiger partial charge in [0, 0.05) is 19.8 Å². The summed E-state index contributed by atoms with van der Waals surface area (Å²) >= 11 is 1.33. The SMILES string of the molecule is CN1CCC(Sc2cc(C(=O)O)ccn2)C1=O. The van der Waals surface area contributed by atoms with Crippen LogP contribution in [0.15, 0.2) is 23.4 Å². The summed E-state index contributed by atoms with van der Waals surface area (Å²) in [6.45, 7) is 0.745. The largest absolute Gasteiger partial charge is 0.478 e. The highest BCUT2D eigenvalue weighted by Gasteiger charge is 2.30. The zero-order chi connectivity index (χ0) is 12.4. The molecule has 6 heteroatoms. The lowest BCUT2D eigenvalue weighted by Crippen LogP contribution is -2.23. The van der Waals surface area contributed by atoms with E-state index in [0.29, 0.717) is 5.03 Å². The lowest BCUT2D eigenvalue weighted by atomic mass is 10.3. The van der Waals surface area contributed by atoms with Crippen LogP contribution in [0.25, 0.3) is 0 Å². The minimum Gasteiger partial charge on any atom is -0.478 e. The number of hydrogen-bond donors (Lipinski definition) is 1. The zero-order valence-electron chi connectivity index (χ0n) is 9.29. The molecule has 5 nitrogen and oxygen atoms in total. The van der Waals surface area contributed by atoms with E-state index >= 15 is 0 Å². The maximum absolute atomic E-state index is 11.7. The smallest absolute Gasteiger partial charge is 0.335 e. The van der Waals surface area contributed by atoms with Crippen molar-refractivity contribution in [3.05, 3.63) is 23.9 Å². The number of rotatable bonds is 3. The Kier molecular flexibility index (Phi) is 3.33. The highest BCUT2D eigenvalue weighted by atomic mass is 32.2. The molecule has 0 bridgehead atoms. The van der Waals surface area contributed by atoms with Gasteiger partial charge in [0.05, 0.1) is 15.8 Å². The van der Waals surface area contributed by atoms with Crippen molar-refractivity contribution >= 4 is 23.6 Å². The molecule has 1 amide bonds. The van der Waals surface area contributed by atoms with Crippen molar-refractivity contribution in [1.82, 2.24) is 9.88 Å². The molecule has 1 aromatic rings. The zero-order valence-corrected chi connectivity index (χ0v) is 10.1. The van der Waals surface area contributed by atoms with Gasteiger partial charge in [0.2, 0.25) is 5.91 Å². The molecule has 1 unspecified atom stereocenters. The molecule has 0 saturated carbocycles. The van der Waals surface area contributed by atoms with Gasteiger partial charge in [-0.1, -0.05) is 11.8 Å². The molecule has 0 aromatic carbocycles. The van der Waals surface area contributed by atoms with Crippen molar-refractivity contribution in [2.75, 3.05) is 13.6 Å². The Labute approximate surface area is 103 Å². The van der Waals surface area contributed by atoms with Crippen molar-refractivity contribution in [2.24, 2.45) is 0 Å². The molecule has 0 aliphatic carbocycles. The number of nitrogens with zero attached hydrogens (tertiary/aromatic N) is 2. The standard InChI is InChI=1S/C11H12N2O3S/c1-13-5-3-8(10(13)14)17-9-6-7(11(15)16)2-4-12-9/h2,4,6,8H,3,5H2,1H3,(H,15,16). The van der Waals surface area contributed by atoms with Gasteiger partial charge in [0.1, 0.15) is 0 Å². The summed E-state index contributed by atoms with van der Waals surface area (Å²) in [6.07, 6.45) is 2.23. The van der Waals surface area contributed by atoms with Gasteiger partial charge in [0.25, 0.3) is 0 Å². The fraction of sp³-hybridized carbons (Fsp3) is 0.364. The van der Waals surface area contributed by atoms with Crippen molar-refractivity contribution in [1.29, 1.82) is 0 Å². The Morgan fingerprint density at radius 3 is 3.00 bits per heavy atom. The Morgan fingerprint density at radius 1 is 1.65 bits per heavy atom. The maximum atomic E-state index is 11.7. The van der Waals surface area contributed by atoms with Crippen LogP contribution in [0.5, 0.6) is 0 Å². The second-order valence-electron chi connectivity index (χ2n) is 3.84. The Bertz CT molecular complexity index is 464. The average Bonchev–Trinajstić information content (AvgIpc) is 2.61. The Morgan fingerprint density at radius 2 is 2.41 bits per heavy atom. The molecule has 1 saturated heterocycles. The number of amides is 1. The number of carbonyl (C=O) groups excluding carboxylic acids is 1. The molecule has 17 heavy (non-hydrogen) atoms. The summed E-state index contributed by atoms with van der Waals surface area (Å²) in [5.41, 5.74) is 0.196. The van der Waals surface area contributed by atoms with Gasteiger partial charge in [0.15, 0.2) is 0 Å². The molecule has 1 N–H and O–H groups in total. The highest BCUT2D eigenvalue weighted by molar-refractivity contribution is 8.00. The van der Waals surface area contributed by atoms with Gasteiger partial charge in [-0.15, -0.1) is 0 Å². The van der Waals surface area contributed by atoms with Crippen LogP contribution in [0, 0.1) is 0 Å². The van der Waals surface area contributed by atoms with Crippen LogP contribution >= 0.6 is 11.8 Å². The third-order valence-corrected chi connectivity index (χ3v) is 3.81. The summed E-state index contributed by atoms with van der Waals surface area (Å²) in [5.74, 6) is -0.901. The van der Waals surface area contributed by atoms with E-state index in [4.69, 9.17) is 5.11 Å². The van der Waals surface area contributed by atoms with E-state index in [1.54, 1.807) is 11.9 Å². The number of likely N-dealkylation sites (tertiary alicyclic amines) is 1. The van der Waals surface area contributed by atoms with Gasteiger partial charge in [-0.05, 0) is 18.6 Å². The predicted molar refractivity (Wildman–Crippen MR) is 63.1 cm³/mol. The number of aromatic nitrogens is 1. The molecule has 90 valence electrons. The summed E-state index contributed by atoms with van der Waals surface area (Å²) < 4.78 is 0. The number of aromatic carboxylic acids is 1. The van der Waals surface area contributed by atoms with Crippen LogP contribution in [-0.4, -0.2) is 45.7 Å². The van der Waals surface area contributed by atoms with E-state index in [1.165, 1.54) is 30.1 Å². The van der Waals surface area contributed by atoms with Crippen molar-refractivity contribution in [3.8, 4) is 0 Å². The first-order valence-corrected chi connectivity index (χ1v) is 6.07. The highest BCUT2D eigenvalue weighted by Crippen LogP contribution is 2.29. The van der Waals surface area contributed by atoms with Crippen molar-refractivity contribution in [3.63, 3.8) is 0 Å². The topological polar surface area (TPSA) is 70.5 Å². The minimum atomic E-state index is -0.982. The van der Waals surface area contributed by atoms with E-state index < -0.39 is 5.97 Å². The van der Waals surface area contributed by atoms with Crippen molar-refractivity contribution in [2.45, 2.75) is 16.7 Å². The summed E-state index contributed by atoms with van der Waals surface area (Å²) in [4.78, 5) is 28.2. The van der Waals surface area contributed by atoms with E-state index in [9.17, 15) is 9.59 Å². The summed E-state index contributed by atoms with van der Waals surface area (Å²) in [7, 11) is 1.77. The molecule has 0 spiro atoms. The molecule has 1 fully saturated rings. The quantitative estimate of drug-likeness (QED) is 0.872. The van der Waals surface area contributed by atoms with Gasteiger partial charge in [-0.3, -0.25) is 4.79 Å². The normalized spacial score (nSPS) is 19.7. The second-order valence-corrected chi connectivity index (χ2v) is 5.07. The first kappa shape index (κ1) is 11.9. The molecule has 1 aliphatic rings. The fourth-order valence-electron chi connectivity index (χ4n) is 1.65. The van der Waals surface area contributed by atoms with Gasteiger partial charge in [-0.2, -0.15) is 0 Å². The van der Waals surface area contributed by atoms with Crippen LogP contribution < -0.4 is 0 Å². The van der Waals surface area contributed by atoms with E-state index in [2.05, 4.69) is 4.98 Å². The average molecular weight is 252 g/mol. The number of carboxylic acid groups (broad SMARTS) is 1. The second kappa shape index (κ2) is 4.75. The third kappa shape index (κ3) is 2.58. The van der Waals surface area contributed by atoms with Crippen LogP contribution in [0.1, 0.15) is 16.8 Å². The number of carboxylic acids is 1. The molecular formula is C11H12N2O3S. The molecular weight excluding hydrogens is 240 g/mol. The molecule has 1 aromatic heterocycles. The van der Waals surface area contributed by atoms with Crippen molar-refractivity contribution < 1.29 is 14.7 Å². The molecule has 1 atom stereocenters. The lowest BCUT2D eigenvalue weighted by molar-refractivity contribution is -0.126. The number of carbonyl (C=O) groups is 2. The Hall–Kier alpha value is -1.56. The lowest BCUT2D eigenvalue weighted by Gasteiger charge is -2.09. The van der Waals surface area contributed by atoms with Crippen LogP contribution in [0.3, 0.4) is 0 Å². The van der Waals surface area contributed by atoms with Gasteiger partial charge in [-0.25, -0.2) is 9.78 Å². The van der Waals surface area contributed by atoms with E-state index in [1.807, 2.05) is 0 Å². The summed E-state index contributed by atoms with van der Waals surface area (Å²) in [5, 5.41) is 9.29. The van der Waals surface area contributed by atoms with Gasteiger partial charge < -0.3 is 10.0 Å². The minimum absolute atomic E-state index is 0.0810. The number of pyridine rings is 1. The molecule has 2 rings (SSSR count).